The van der Waals surface area contributed by atoms with Gasteiger partial charge in [-0.05, 0) is 37.6 Å². The minimum absolute atomic E-state index is 0.0707. The van der Waals surface area contributed by atoms with E-state index in [0.717, 1.165) is 0 Å². The Labute approximate surface area is 131 Å². The van der Waals surface area contributed by atoms with Crippen LogP contribution in [0.5, 0.6) is 0 Å². The van der Waals surface area contributed by atoms with Crippen molar-refractivity contribution >= 4 is 0 Å². The summed E-state index contributed by atoms with van der Waals surface area (Å²) in [5, 5.41) is 0. The van der Waals surface area contributed by atoms with Crippen LogP contribution >= 0.6 is 0 Å². The van der Waals surface area contributed by atoms with Gasteiger partial charge in [0, 0.05) is 11.8 Å². The monoisotopic (exact) mass is 289 g/mol. The Morgan fingerprint density at radius 2 is 1.59 bits per heavy atom. The molecule has 0 saturated carbocycles. The molecule has 0 bridgehead atoms. The molecule has 0 fully saturated rings. The second kappa shape index (κ2) is 4.85. The molecule has 0 N–H and O–H groups in total. The topological polar surface area (TPSA) is 14.2 Å². The predicted octanol–water partition coefficient (Wildman–Crippen LogP) is 4.83. The molecule has 1 aliphatic rings. The molecule has 1 aliphatic heterocycles. The molecule has 110 valence electrons. The Morgan fingerprint density at radius 3 is 2.41 bits per heavy atom. The van der Waals surface area contributed by atoms with E-state index in [1.165, 1.54) is 22.5 Å². The summed E-state index contributed by atoms with van der Waals surface area (Å²) in [6.45, 7) is 4.29. The smallest absolute Gasteiger partial charge is 0.124 e. The number of para-hydroxylation sites is 1. The van der Waals surface area contributed by atoms with Crippen LogP contribution in [0.25, 0.3) is 5.69 Å². The predicted molar refractivity (Wildman–Crippen MR) is 88.2 cm³/mol. The standard InChI is InChI=1S/C20H19NO/c1-20(2)16-11-6-7-12-17(16)21-14-8-13-18(21)19(22-20)15-9-4-3-5-10-15/h3-14,19H,1-2H3/t19-/m0/s1. The largest absolute Gasteiger partial charge is 0.357 e. The van der Waals surface area contributed by atoms with E-state index in [4.69, 9.17) is 4.74 Å². The number of nitrogens with zero attached hydrogens (tertiary/aromatic N) is 1. The lowest BCUT2D eigenvalue weighted by Gasteiger charge is -2.29. The molecule has 22 heavy (non-hydrogen) atoms. The Balaban J connectivity index is 1.96. The van der Waals surface area contributed by atoms with Crippen LogP contribution in [0.15, 0.2) is 72.9 Å². The summed E-state index contributed by atoms with van der Waals surface area (Å²) in [4.78, 5) is 0. The van der Waals surface area contributed by atoms with Gasteiger partial charge in [-0.3, -0.25) is 0 Å². The van der Waals surface area contributed by atoms with Gasteiger partial charge in [0.2, 0.25) is 0 Å². The molecule has 3 aromatic rings. The molecule has 2 nitrogen and oxygen atoms in total. The van der Waals surface area contributed by atoms with Crippen LogP contribution in [0.3, 0.4) is 0 Å². The Kier molecular flexibility index (Phi) is 2.95. The van der Waals surface area contributed by atoms with Crippen LogP contribution in [-0.4, -0.2) is 4.57 Å². The lowest BCUT2D eigenvalue weighted by Crippen LogP contribution is -2.23. The first-order chi connectivity index (χ1) is 10.7. The summed E-state index contributed by atoms with van der Waals surface area (Å²) in [5.74, 6) is 0. The quantitative estimate of drug-likeness (QED) is 0.625. The van der Waals surface area contributed by atoms with E-state index in [9.17, 15) is 0 Å². The van der Waals surface area contributed by atoms with E-state index in [1.54, 1.807) is 0 Å². The molecule has 0 unspecified atom stereocenters. The van der Waals surface area contributed by atoms with Crippen molar-refractivity contribution in [2.75, 3.05) is 0 Å². The number of rotatable bonds is 1. The maximum atomic E-state index is 6.58. The van der Waals surface area contributed by atoms with Gasteiger partial charge in [0.15, 0.2) is 0 Å². The van der Waals surface area contributed by atoms with Gasteiger partial charge in [-0.15, -0.1) is 0 Å². The number of hydrogen-bond acceptors (Lipinski definition) is 1. The highest BCUT2D eigenvalue weighted by atomic mass is 16.5. The van der Waals surface area contributed by atoms with Gasteiger partial charge >= 0.3 is 0 Å². The first-order valence-electron chi connectivity index (χ1n) is 7.67. The normalized spacial score (nSPS) is 19.1. The summed E-state index contributed by atoms with van der Waals surface area (Å²) in [5.41, 5.74) is 4.42. The van der Waals surface area contributed by atoms with E-state index in [-0.39, 0.29) is 11.7 Å². The van der Waals surface area contributed by atoms with Gasteiger partial charge in [0.25, 0.3) is 0 Å². The van der Waals surface area contributed by atoms with E-state index in [0.29, 0.717) is 0 Å². The first kappa shape index (κ1) is 13.4. The van der Waals surface area contributed by atoms with Crippen LogP contribution in [0.1, 0.15) is 36.8 Å². The zero-order valence-electron chi connectivity index (χ0n) is 12.9. The molecule has 2 heteroatoms. The fourth-order valence-corrected chi connectivity index (χ4v) is 3.31. The number of hydrogen-bond donors (Lipinski definition) is 0. The van der Waals surface area contributed by atoms with Crippen molar-refractivity contribution < 1.29 is 4.74 Å². The molecule has 1 aromatic heterocycles. The maximum absolute atomic E-state index is 6.58. The zero-order valence-corrected chi connectivity index (χ0v) is 12.9. The molecule has 2 heterocycles. The minimum Gasteiger partial charge on any atom is -0.357 e. The van der Waals surface area contributed by atoms with Crippen LogP contribution in [0.4, 0.5) is 0 Å². The van der Waals surface area contributed by atoms with Crippen molar-refractivity contribution in [1.82, 2.24) is 4.57 Å². The van der Waals surface area contributed by atoms with Crippen molar-refractivity contribution in [2.45, 2.75) is 25.6 Å². The summed E-state index contributed by atoms with van der Waals surface area (Å²) in [6.07, 6.45) is 2.05. The zero-order chi connectivity index (χ0) is 15.2. The third-order valence-corrected chi connectivity index (χ3v) is 4.38. The molecule has 0 spiro atoms. The lowest BCUT2D eigenvalue weighted by atomic mass is 9.96. The average Bonchev–Trinajstić information content (AvgIpc) is 2.99. The summed E-state index contributed by atoms with van der Waals surface area (Å²) in [7, 11) is 0. The maximum Gasteiger partial charge on any atom is 0.124 e. The number of aromatic nitrogens is 1. The fraction of sp³-hybridized carbons (Fsp3) is 0.200. The van der Waals surface area contributed by atoms with Gasteiger partial charge < -0.3 is 9.30 Å². The molecule has 0 aliphatic carbocycles. The van der Waals surface area contributed by atoms with Gasteiger partial charge in [-0.25, -0.2) is 0 Å². The molecular formula is C20H19NO. The molecule has 1 atom stereocenters. The fourth-order valence-electron chi connectivity index (χ4n) is 3.31. The van der Waals surface area contributed by atoms with E-state index in [2.05, 4.69) is 85.3 Å². The number of fused-ring (bicyclic) bond motifs is 3. The average molecular weight is 289 g/mol. The highest BCUT2D eigenvalue weighted by Gasteiger charge is 2.34. The molecule has 4 rings (SSSR count). The van der Waals surface area contributed by atoms with Gasteiger partial charge in [0.1, 0.15) is 6.10 Å². The molecule has 0 amide bonds. The Hall–Kier alpha value is -2.32. The van der Waals surface area contributed by atoms with Crippen LogP contribution in [0.2, 0.25) is 0 Å². The van der Waals surface area contributed by atoms with Crippen molar-refractivity contribution in [2.24, 2.45) is 0 Å². The van der Waals surface area contributed by atoms with Crippen molar-refractivity contribution in [1.29, 1.82) is 0 Å². The second-order valence-corrected chi connectivity index (χ2v) is 6.24. The molecule has 0 radical (unpaired) electrons. The van der Waals surface area contributed by atoms with Crippen LogP contribution in [0, 0.1) is 0 Å². The highest BCUT2D eigenvalue weighted by Crippen LogP contribution is 2.42. The summed E-state index contributed by atoms with van der Waals surface area (Å²) >= 11 is 0. The third-order valence-electron chi connectivity index (χ3n) is 4.38. The van der Waals surface area contributed by atoms with Crippen molar-refractivity contribution in [3.63, 3.8) is 0 Å². The minimum atomic E-state index is -0.351. The van der Waals surface area contributed by atoms with E-state index >= 15 is 0 Å². The van der Waals surface area contributed by atoms with Gasteiger partial charge in [-0.1, -0.05) is 48.5 Å². The second-order valence-electron chi connectivity index (χ2n) is 6.24. The molecular weight excluding hydrogens is 270 g/mol. The number of ether oxygens (including phenoxy) is 1. The molecule has 2 aromatic carbocycles. The summed E-state index contributed by atoms with van der Waals surface area (Å²) in [6, 6.07) is 23.2. The first-order valence-corrected chi connectivity index (χ1v) is 7.67. The Bertz CT molecular complexity index is 801. The van der Waals surface area contributed by atoms with E-state index < -0.39 is 0 Å². The van der Waals surface area contributed by atoms with Crippen LogP contribution < -0.4 is 0 Å². The number of benzene rings is 2. The van der Waals surface area contributed by atoms with Gasteiger partial charge in [-0.2, -0.15) is 0 Å². The highest BCUT2D eigenvalue weighted by molar-refractivity contribution is 5.48. The van der Waals surface area contributed by atoms with Gasteiger partial charge in [0.05, 0.1) is 17.0 Å². The lowest BCUT2D eigenvalue weighted by molar-refractivity contribution is -0.0592. The molecule has 0 saturated heterocycles. The van der Waals surface area contributed by atoms with Crippen LogP contribution in [-0.2, 0) is 10.3 Å². The van der Waals surface area contributed by atoms with E-state index in [1.807, 2.05) is 6.07 Å². The summed E-state index contributed by atoms with van der Waals surface area (Å²) < 4.78 is 8.83. The third kappa shape index (κ3) is 1.99. The van der Waals surface area contributed by atoms with Crippen molar-refractivity contribution in [3.05, 3.63) is 89.7 Å². The Morgan fingerprint density at radius 1 is 0.864 bits per heavy atom. The SMILES string of the molecule is CC1(C)O[C@@H](c2ccccc2)c2cccn2-c2ccccc21. The van der Waals surface area contributed by atoms with Crippen molar-refractivity contribution in [3.8, 4) is 5.69 Å².